The summed E-state index contributed by atoms with van der Waals surface area (Å²) in [5, 5.41) is 9.46. The Kier molecular flexibility index (Phi) is 3.49. The summed E-state index contributed by atoms with van der Waals surface area (Å²) in [5.41, 5.74) is 5.57. The minimum absolute atomic E-state index is 0.597. The van der Waals surface area contributed by atoms with E-state index in [0.717, 1.165) is 33.5 Å². The van der Waals surface area contributed by atoms with E-state index < -0.39 is 0 Å². The van der Waals surface area contributed by atoms with E-state index in [4.69, 9.17) is 9.97 Å². The van der Waals surface area contributed by atoms with Crippen LogP contribution in [-0.2, 0) is 0 Å². The number of nitriles is 1. The predicted octanol–water partition coefficient (Wildman–Crippen LogP) is 4.84. The lowest BCUT2D eigenvalue weighted by Gasteiger charge is -2.11. The zero-order chi connectivity index (χ0) is 16.4. The maximum absolute atomic E-state index is 9.46. The van der Waals surface area contributed by atoms with Crippen LogP contribution in [0.25, 0.3) is 33.5 Å². The van der Waals surface area contributed by atoms with Gasteiger partial charge in [-0.05, 0) is 18.2 Å². The van der Waals surface area contributed by atoms with Crippen LogP contribution in [0.2, 0.25) is 0 Å². The average Bonchev–Trinajstić information content (AvgIpc) is 2.67. The number of rotatable bonds is 2. The molecule has 0 aliphatic heterocycles. The summed E-state index contributed by atoms with van der Waals surface area (Å²) >= 11 is 0. The molecule has 3 nitrogen and oxygen atoms in total. The Hall–Kier alpha value is -3.51. The first-order chi connectivity index (χ1) is 11.9. The molecular formula is C21H13N3. The van der Waals surface area contributed by atoms with Crippen molar-refractivity contribution in [1.82, 2.24) is 9.97 Å². The van der Waals surface area contributed by atoms with Crippen LogP contribution in [0.5, 0.6) is 0 Å². The van der Waals surface area contributed by atoms with Gasteiger partial charge in [0.1, 0.15) is 0 Å². The summed E-state index contributed by atoms with van der Waals surface area (Å²) in [5.74, 6) is 0. The molecule has 4 rings (SSSR count). The summed E-state index contributed by atoms with van der Waals surface area (Å²) in [6, 6.07) is 27.5. The number of aromatic nitrogens is 2. The van der Waals surface area contributed by atoms with Gasteiger partial charge in [-0.2, -0.15) is 5.26 Å². The van der Waals surface area contributed by atoms with E-state index in [9.17, 15) is 5.26 Å². The third-order valence-corrected chi connectivity index (χ3v) is 3.92. The van der Waals surface area contributed by atoms with Crippen molar-refractivity contribution in [1.29, 1.82) is 5.26 Å². The summed E-state index contributed by atoms with van der Waals surface area (Å²) in [4.78, 5) is 9.64. The van der Waals surface area contributed by atoms with Gasteiger partial charge < -0.3 is 0 Å². The van der Waals surface area contributed by atoms with Crippen molar-refractivity contribution in [2.75, 3.05) is 0 Å². The highest BCUT2D eigenvalue weighted by atomic mass is 14.8. The Labute approximate surface area is 139 Å². The number of hydrogen-bond acceptors (Lipinski definition) is 3. The second-order valence-electron chi connectivity index (χ2n) is 5.43. The molecule has 0 spiro atoms. The van der Waals surface area contributed by atoms with Crippen molar-refractivity contribution < 1.29 is 0 Å². The highest BCUT2D eigenvalue weighted by Gasteiger charge is 2.15. The second kappa shape index (κ2) is 5.94. The Morgan fingerprint density at radius 1 is 0.625 bits per heavy atom. The minimum Gasteiger partial charge on any atom is -0.244 e. The van der Waals surface area contributed by atoms with Crippen LogP contribution in [0, 0.1) is 11.3 Å². The molecule has 24 heavy (non-hydrogen) atoms. The molecule has 0 amide bonds. The molecule has 112 valence electrons. The molecular weight excluding hydrogens is 294 g/mol. The quantitative estimate of drug-likeness (QED) is 0.532. The summed E-state index contributed by atoms with van der Waals surface area (Å²) in [7, 11) is 0. The third kappa shape index (κ3) is 2.41. The lowest BCUT2D eigenvalue weighted by atomic mass is 10.00. The van der Waals surface area contributed by atoms with Gasteiger partial charge in [0, 0.05) is 11.1 Å². The predicted molar refractivity (Wildman–Crippen MR) is 95.1 cm³/mol. The number of para-hydroxylation sites is 2. The van der Waals surface area contributed by atoms with Crippen molar-refractivity contribution in [3.05, 3.63) is 84.4 Å². The fourth-order valence-electron chi connectivity index (χ4n) is 2.77. The molecule has 0 unspecified atom stereocenters. The number of nitrogens with zero attached hydrogens (tertiary/aromatic N) is 3. The van der Waals surface area contributed by atoms with Crippen molar-refractivity contribution in [3.8, 4) is 28.6 Å². The molecule has 0 N–H and O–H groups in total. The molecule has 0 saturated heterocycles. The van der Waals surface area contributed by atoms with Crippen LogP contribution in [0.3, 0.4) is 0 Å². The molecule has 0 fully saturated rings. The van der Waals surface area contributed by atoms with Gasteiger partial charge in [0.05, 0.1) is 34.1 Å². The van der Waals surface area contributed by atoms with Crippen LogP contribution in [-0.4, -0.2) is 9.97 Å². The first-order valence-electron chi connectivity index (χ1n) is 7.68. The number of fused-ring (bicyclic) bond motifs is 1. The van der Waals surface area contributed by atoms with Crippen LogP contribution in [0.4, 0.5) is 0 Å². The Bertz CT molecular complexity index is 1060. The van der Waals surface area contributed by atoms with E-state index in [1.54, 1.807) is 6.07 Å². The van der Waals surface area contributed by atoms with Crippen molar-refractivity contribution in [3.63, 3.8) is 0 Å². The van der Waals surface area contributed by atoms with E-state index in [2.05, 4.69) is 6.07 Å². The number of hydrogen-bond donors (Lipinski definition) is 0. The van der Waals surface area contributed by atoms with Gasteiger partial charge in [0.15, 0.2) is 0 Å². The normalized spacial score (nSPS) is 10.5. The van der Waals surface area contributed by atoms with Gasteiger partial charge in [-0.15, -0.1) is 0 Å². The molecule has 1 aromatic heterocycles. The maximum atomic E-state index is 9.46. The minimum atomic E-state index is 0.597. The van der Waals surface area contributed by atoms with Crippen molar-refractivity contribution in [2.24, 2.45) is 0 Å². The van der Waals surface area contributed by atoms with Gasteiger partial charge in [-0.1, -0.05) is 60.7 Å². The Balaban J connectivity index is 2.08. The second-order valence-corrected chi connectivity index (χ2v) is 5.43. The van der Waals surface area contributed by atoms with E-state index >= 15 is 0 Å². The number of benzene rings is 3. The molecule has 0 aliphatic rings. The molecule has 0 aliphatic carbocycles. The fraction of sp³-hybridized carbons (Fsp3) is 0. The molecule has 3 heteroatoms. The molecule has 0 bridgehead atoms. The van der Waals surface area contributed by atoms with Gasteiger partial charge in [0.2, 0.25) is 0 Å². The molecule has 3 aromatic carbocycles. The standard InChI is InChI=1S/C21H13N3/c22-14-16-10-4-5-11-17(16)21-20(15-8-2-1-3-9-15)23-18-12-6-7-13-19(18)24-21/h1-13H. The van der Waals surface area contributed by atoms with Crippen LogP contribution in [0.1, 0.15) is 5.56 Å². The zero-order valence-corrected chi connectivity index (χ0v) is 12.8. The molecule has 0 radical (unpaired) electrons. The molecule has 0 saturated carbocycles. The molecule has 4 aromatic rings. The highest BCUT2D eigenvalue weighted by molar-refractivity contribution is 5.87. The van der Waals surface area contributed by atoms with E-state index in [1.807, 2.05) is 72.8 Å². The van der Waals surface area contributed by atoms with E-state index in [-0.39, 0.29) is 0 Å². The topological polar surface area (TPSA) is 49.6 Å². The first kappa shape index (κ1) is 14.1. The lowest BCUT2D eigenvalue weighted by molar-refractivity contribution is 1.29. The van der Waals surface area contributed by atoms with Crippen LogP contribution in [0.15, 0.2) is 78.9 Å². The Morgan fingerprint density at radius 2 is 1.21 bits per heavy atom. The lowest BCUT2D eigenvalue weighted by Crippen LogP contribution is -1.96. The largest absolute Gasteiger partial charge is 0.244 e. The van der Waals surface area contributed by atoms with E-state index in [0.29, 0.717) is 5.56 Å². The van der Waals surface area contributed by atoms with Crippen molar-refractivity contribution >= 4 is 11.0 Å². The average molecular weight is 307 g/mol. The smallest absolute Gasteiger partial charge is 0.0998 e. The summed E-state index contributed by atoms with van der Waals surface area (Å²) in [6.07, 6.45) is 0. The van der Waals surface area contributed by atoms with Crippen LogP contribution < -0.4 is 0 Å². The van der Waals surface area contributed by atoms with Crippen LogP contribution >= 0.6 is 0 Å². The molecule has 1 heterocycles. The van der Waals surface area contributed by atoms with Gasteiger partial charge in [-0.25, -0.2) is 9.97 Å². The molecule has 0 atom stereocenters. The monoisotopic (exact) mass is 307 g/mol. The van der Waals surface area contributed by atoms with Gasteiger partial charge in [-0.3, -0.25) is 0 Å². The summed E-state index contributed by atoms with van der Waals surface area (Å²) in [6.45, 7) is 0. The summed E-state index contributed by atoms with van der Waals surface area (Å²) < 4.78 is 0. The van der Waals surface area contributed by atoms with E-state index in [1.165, 1.54) is 0 Å². The highest BCUT2D eigenvalue weighted by Crippen LogP contribution is 2.32. The fourth-order valence-corrected chi connectivity index (χ4v) is 2.77. The maximum Gasteiger partial charge on any atom is 0.0998 e. The Morgan fingerprint density at radius 3 is 1.92 bits per heavy atom. The SMILES string of the molecule is N#Cc1ccccc1-c1nc2ccccc2nc1-c1ccccc1. The van der Waals surface area contributed by atoms with Crippen molar-refractivity contribution in [2.45, 2.75) is 0 Å². The van der Waals surface area contributed by atoms with Gasteiger partial charge >= 0.3 is 0 Å². The first-order valence-corrected chi connectivity index (χ1v) is 7.68. The third-order valence-electron chi connectivity index (χ3n) is 3.92. The zero-order valence-electron chi connectivity index (χ0n) is 12.8. The van der Waals surface area contributed by atoms with Gasteiger partial charge in [0.25, 0.3) is 0 Å².